The van der Waals surface area contributed by atoms with Gasteiger partial charge in [0.25, 0.3) is 0 Å². The van der Waals surface area contributed by atoms with Crippen LogP contribution < -0.4 is 4.90 Å². The molecule has 0 bridgehead atoms. The van der Waals surface area contributed by atoms with E-state index in [2.05, 4.69) is 41.2 Å². The molecule has 2 aromatic rings. The molecule has 31 heavy (non-hydrogen) atoms. The highest BCUT2D eigenvalue weighted by Crippen LogP contribution is 2.30. The van der Waals surface area contributed by atoms with Gasteiger partial charge in [0.15, 0.2) is 5.78 Å². The maximum atomic E-state index is 12.8. The molecule has 4 nitrogen and oxygen atoms in total. The van der Waals surface area contributed by atoms with Gasteiger partial charge in [0.1, 0.15) is 0 Å². The number of halogens is 1. The van der Waals surface area contributed by atoms with Crippen LogP contribution in [0.2, 0.25) is 0 Å². The Morgan fingerprint density at radius 1 is 1.06 bits per heavy atom. The lowest BCUT2D eigenvalue weighted by molar-refractivity contribution is -0.118. The average Bonchev–Trinajstić information content (AvgIpc) is 2.80. The van der Waals surface area contributed by atoms with Crippen LogP contribution in [0.1, 0.15) is 53.1 Å². The number of fused-ring (bicyclic) bond motifs is 1. The molecule has 0 N–H and O–H groups in total. The van der Waals surface area contributed by atoms with Crippen molar-refractivity contribution in [1.82, 2.24) is 4.90 Å². The summed E-state index contributed by atoms with van der Waals surface area (Å²) in [6.45, 7) is 3.16. The molecule has 5 heteroatoms. The summed E-state index contributed by atoms with van der Waals surface area (Å²) in [5.41, 5.74) is 4.06. The molecule has 2 aliphatic heterocycles. The molecule has 1 saturated heterocycles. The van der Waals surface area contributed by atoms with Gasteiger partial charge >= 0.3 is 0 Å². The Hall–Kier alpha value is -2.61. The molecule has 0 aromatic heterocycles. The van der Waals surface area contributed by atoms with Crippen molar-refractivity contribution >= 4 is 29.8 Å². The number of nitrogens with zero attached hydrogens (tertiary/aromatic N) is 2. The van der Waals surface area contributed by atoms with Crippen LogP contribution in [0, 0.1) is 12.3 Å². The molecule has 2 aromatic carbocycles. The van der Waals surface area contributed by atoms with Gasteiger partial charge in [-0.15, -0.1) is 18.8 Å². The molecule has 1 amide bonds. The lowest BCUT2D eigenvalue weighted by atomic mass is 9.89. The van der Waals surface area contributed by atoms with Crippen molar-refractivity contribution in [2.45, 2.75) is 38.0 Å². The first kappa shape index (κ1) is 23.1. The zero-order valence-corrected chi connectivity index (χ0v) is 18.6. The second-order valence-corrected chi connectivity index (χ2v) is 8.23. The van der Waals surface area contributed by atoms with Crippen molar-refractivity contribution in [1.29, 1.82) is 0 Å². The number of amides is 1. The standard InChI is InChI=1S/C26H28N2O2.ClH/c1-2-15-28-24-10-8-23(19-22(24)9-11-26(28)30)25(29)14-18-27-16-12-21(13-17-27)20-6-4-3-5-7-20;/h1,3-8,10,19,21H,9,11-18H2;1H. The molecule has 0 aliphatic carbocycles. The number of piperidine rings is 1. The first-order valence-electron chi connectivity index (χ1n) is 10.8. The van der Waals surface area contributed by atoms with Gasteiger partial charge in [0.05, 0.1) is 6.54 Å². The van der Waals surface area contributed by atoms with E-state index >= 15 is 0 Å². The summed E-state index contributed by atoms with van der Waals surface area (Å²) >= 11 is 0. The van der Waals surface area contributed by atoms with E-state index in [-0.39, 0.29) is 30.6 Å². The van der Waals surface area contributed by atoms with E-state index in [4.69, 9.17) is 6.42 Å². The summed E-state index contributed by atoms with van der Waals surface area (Å²) < 4.78 is 0. The normalized spacial score (nSPS) is 16.9. The minimum Gasteiger partial charge on any atom is -0.303 e. The highest BCUT2D eigenvalue weighted by Gasteiger charge is 2.25. The van der Waals surface area contributed by atoms with Gasteiger partial charge in [-0.25, -0.2) is 0 Å². The lowest BCUT2D eigenvalue weighted by Gasteiger charge is -2.32. The molecule has 4 rings (SSSR count). The number of ketones is 1. The SMILES string of the molecule is C#CCN1C(=O)CCc2cc(C(=O)CCN3CCC(c4ccccc4)CC3)ccc21.Cl. The van der Waals surface area contributed by atoms with Crippen molar-refractivity contribution in [3.63, 3.8) is 0 Å². The van der Waals surface area contributed by atoms with Gasteiger partial charge in [0.2, 0.25) is 5.91 Å². The maximum absolute atomic E-state index is 12.8. The van der Waals surface area contributed by atoms with E-state index in [1.54, 1.807) is 4.90 Å². The van der Waals surface area contributed by atoms with Gasteiger partial charge in [-0.3, -0.25) is 9.59 Å². The fourth-order valence-corrected chi connectivity index (χ4v) is 4.62. The highest BCUT2D eigenvalue weighted by molar-refractivity contribution is 6.00. The summed E-state index contributed by atoms with van der Waals surface area (Å²) in [6.07, 6.45) is 9.35. The molecular formula is C26H29ClN2O2. The molecule has 0 saturated carbocycles. The van der Waals surface area contributed by atoms with E-state index in [1.807, 2.05) is 18.2 Å². The maximum Gasteiger partial charge on any atom is 0.228 e. The van der Waals surface area contributed by atoms with Crippen LogP contribution in [-0.2, 0) is 11.2 Å². The minimum absolute atomic E-state index is 0. The lowest BCUT2D eigenvalue weighted by Crippen LogP contribution is -2.35. The van der Waals surface area contributed by atoms with E-state index in [0.29, 0.717) is 25.2 Å². The van der Waals surface area contributed by atoms with Crippen molar-refractivity contribution in [3.05, 3.63) is 65.2 Å². The van der Waals surface area contributed by atoms with Crippen LogP contribution in [0.5, 0.6) is 0 Å². The van der Waals surface area contributed by atoms with Gasteiger partial charge < -0.3 is 9.80 Å². The Bertz CT molecular complexity index is 959. The number of likely N-dealkylation sites (tertiary alicyclic amines) is 1. The van der Waals surface area contributed by atoms with Crippen LogP contribution in [-0.4, -0.2) is 42.8 Å². The van der Waals surface area contributed by atoms with Crippen LogP contribution in [0.15, 0.2) is 48.5 Å². The number of aryl methyl sites for hydroxylation is 1. The summed E-state index contributed by atoms with van der Waals surface area (Å²) in [7, 11) is 0. The number of hydrogen-bond acceptors (Lipinski definition) is 3. The van der Waals surface area contributed by atoms with Crippen molar-refractivity contribution in [3.8, 4) is 12.3 Å². The van der Waals surface area contributed by atoms with Crippen LogP contribution in [0.3, 0.4) is 0 Å². The third-order valence-electron chi connectivity index (χ3n) is 6.36. The molecular weight excluding hydrogens is 408 g/mol. The van der Waals surface area contributed by atoms with Crippen LogP contribution in [0.25, 0.3) is 0 Å². The molecule has 0 atom stereocenters. The van der Waals surface area contributed by atoms with E-state index < -0.39 is 0 Å². The number of carbonyl (C=O) groups excluding carboxylic acids is 2. The van der Waals surface area contributed by atoms with E-state index in [9.17, 15) is 9.59 Å². The molecule has 2 heterocycles. The summed E-state index contributed by atoms with van der Waals surface area (Å²) in [6, 6.07) is 16.4. The van der Waals surface area contributed by atoms with E-state index in [0.717, 1.165) is 49.3 Å². The topological polar surface area (TPSA) is 40.6 Å². The number of carbonyl (C=O) groups is 2. The number of rotatable bonds is 6. The number of benzene rings is 2. The summed E-state index contributed by atoms with van der Waals surface area (Å²) in [5.74, 6) is 3.40. The third-order valence-corrected chi connectivity index (χ3v) is 6.36. The largest absolute Gasteiger partial charge is 0.303 e. The average molecular weight is 437 g/mol. The highest BCUT2D eigenvalue weighted by atomic mass is 35.5. The second-order valence-electron chi connectivity index (χ2n) is 8.23. The fraction of sp³-hybridized carbons (Fsp3) is 0.385. The second kappa shape index (κ2) is 10.6. The van der Waals surface area contributed by atoms with Crippen molar-refractivity contribution in [2.24, 2.45) is 0 Å². The number of hydrogen-bond donors (Lipinski definition) is 0. The van der Waals surface area contributed by atoms with E-state index in [1.165, 1.54) is 5.56 Å². The quantitative estimate of drug-likeness (QED) is 0.495. The predicted octanol–water partition coefficient (Wildman–Crippen LogP) is 4.47. The van der Waals surface area contributed by atoms with Crippen LogP contribution >= 0.6 is 12.4 Å². The monoisotopic (exact) mass is 436 g/mol. The van der Waals surface area contributed by atoms with Gasteiger partial charge in [-0.1, -0.05) is 36.3 Å². The Morgan fingerprint density at radius 3 is 2.52 bits per heavy atom. The Morgan fingerprint density at radius 2 is 1.81 bits per heavy atom. The third kappa shape index (κ3) is 5.36. The molecule has 2 aliphatic rings. The number of anilines is 1. The summed E-state index contributed by atoms with van der Waals surface area (Å²) in [5, 5.41) is 0. The molecule has 0 radical (unpaired) electrons. The van der Waals surface area contributed by atoms with Gasteiger partial charge in [-0.2, -0.15) is 0 Å². The molecule has 162 valence electrons. The predicted molar refractivity (Wildman–Crippen MR) is 127 cm³/mol. The molecule has 0 spiro atoms. The zero-order chi connectivity index (χ0) is 20.9. The van der Waals surface area contributed by atoms with Crippen LogP contribution in [0.4, 0.5) is 5.69 Å². The zero-order valence-electron chi connectivity index (χ0n) is 17.8. The van der Waals surface area contributed by atoms with Crippen molar-refractivity contribution in [2.75, 3.05) is 31.1 Å². The Balaban J connectivity index is 0.00000272. The fourth-order valence-electron chi connectivity index (χ4n) is 4.62. The molecule has 1 fully saturated rings. The smallest absolute Gasteiger partial charge is 0.228 e. The first-order chi connectivity index (χ1) is 14.7. The van der Waals surface area contributed by atoms with Gasteiger partial charge in [-0.05, 0) is 67.6 Å². The minimum atomic E-state index is 0. The Labute approximate surface area is 191 Å². The van der Waals surface area contributed by atoms with Gasteiger partial charge in [0, 0.05) is 30.6 Å². The first-order valence-corrected chi connectivity index (χ1v) is 10.8. The molecule has 0 unspecified atom stereocenters. The Kier molecular flexibility index (Phi) is 7.90. The summed E-state index contributed by atoms with van der Waals surface area (Å²) in [4.78, 5) is 29.0. The van der Waals surface area contributed by atoms with Crippen molar-refractivity contribution < 1.29 is 9.59 Å². The number of terminal acetylenes is 1. The number of Topliss-reactive ketones (excluding diaryl/α,β-unsaturated/α-hetero) is 1.